The molecule has 0 N–H and O–H groups in total. The van der Waals surface area contributed by atoms with Gasteiger partial charge in [0, 0.05) is 21.2 Å². The molecule has 5 heteroatoms. The Balaban J connectivity index is 2.24. The Morgan fingerprint density at radius 2 is 1.76 bits per heavy atom. The van der Waals surface area contributed by atoms with Gasteiger partial charge in [0.15, 0.2) is 0 Å². The molecule has 1 aliphatic heterocycles. The maximum absolute atomic E-state index is 6.35. The highest BCUT2D eigenvalue weighted by Gasteiger charge is 2.27. The lowest BCUT2D eigenvalue weighted by molar-refractivity contribution is 0.872. The average molecular weight is 448 g/mol. The molecular formula is C16H11Br2Cl2N. The molecule has 1 heterocycles. The fourth-order valence-corrected chi connectivity index (χ4v) is 3.80. The Morgan fingerprint density at radius 1 is 1.00 bits per heavy atom. The molecule has 0 aromatic heterocycles. The molecular weight excluding hydrogens is 437 g/mol. The van der Waals surface area contributed by atoms with Crippen LogP contribution in [0.3, 0.4) is 0 Å². The van der Waals surface area contributed by atoms with Crippen LogP contribution in [0.5, 0.6) is 0 Å². The van der Waals surface area contributed by atoms with Gasteiger partial charge >= 0.3 is 0 Å². The molecule has 0 saturated heterocycles. The molecule has 0 radical (unpaired) electrons. The average Bonchev–Trinajstić information content (AvgIpc) is 2.59. The number of alkyl halides is 2. The van der Waals surface area contributed by atoms with Crippen LogP contribution in [0, 0.1) is 0 Å². The molecule has 0 aliphatic carbocycles. The Kier molecular flexibility index (Phi) is 4.75. The summed E-state index contributed by atoms with van der Waals surface area (Å²) in [5.74, 6) is 0. The zero-order chi connectivity index (χ0) is 15.0. The molecule has 0 bridgehead atoms. The van der Waals surface area contributed by atoms with Gasteiger partial charge in [0.05, 0.1) is 21.9 Å². The highest BCUT2D eigenvalue weighted by Crippen LogP contribution is 2.38. The summed E-state index contributed by atoms with van der Waals surface area (Å²) in [7, 11) is 0. The lowest BCUT2D eigenvalue weighted by Crippen LogP contribution is -2.09. The molecule has 0 saturated carbocycles. The van der Waals surface area contributed by atoms with Gasteiger partial charge in [0.1, 0.15) is 0 Å². The molecule has 0 fully saturated rings. The van der Waals surface area contributed by atoms with Crippen LogP contribution in [0.4, 0.5) is 0 Å². The van der Waals surface area contributed by atoms with Gasteiger partial charge in [-0.2, -0.15) is 0 Å². The molecule has 2 unspecified atom stereocenters. The highest BCUT2D eigenvalue weighted by molar-refractivity contribution is 9.12. The van der Waals surface area contributed by atoms with Crippen LogP contribution in [0.15, 0.2) is 47.5 Å². The number of rotatable bonds is 1. The van der Waals surface area contributed by atoms with Crippen molar-refractivity contribution in [2.75, 3.05) is 6.54 Å². The first kappa shape index (κ1) is 15.5. The minimum atomic E-state index is 0.175. The second-order valence-corrected chi connectivity index (χ2v) is 7.82. The van der Waals surface area contributed by atoms with Crippen LogP contribution >= 0.6 is 55.1 Å². The topological polar surface area (TPSA) is 12.4 Å². The van der Waals surface area contributed by atoms with E-state index in [1.165, 1.54) is 0 Å². The van der Waals surface area contributed by atoms with E-state index in [4.69, 9.17) is 28.2 Å². The molecule has 0 amide bonds. The number of fused-ring (bicyclic) bond motifs is 1. The van der Waals surface area contributed by atoms with Gasteiger partial charge in [-0.05, 0) is 23.8 Å². The predicted molar refractivity (Wildman–Crippen MR) is 97.8 cm³/mol. The van der Waals surface area contributed by atoms with Gasteiger partial charge in [-0.15, -0.1) is 0 Å². The van der Waals surface area contributed by atoms with Crippen molar-refractivity contribution >= 4 is 60.8 Å². The minimum absolute atomic E-state index is 0.175. The molecule has 3 rings (SSSR count). The zero-order valence-electron chi connectivity index (χ0n) is 10.9. The van der Waals surface area contributed by atoms with E-state index in [1.54, 1.807) is 0 Å². The fourth-order valence-electron chi connectivity index (χ4n) is 2.41. The lowest BCUT2D eigenvalue weighted by atomic mass is 9.96. The van der Waals surface area contributed by atoms with Crippen LogP contribution in [-0.4, -0.2) is 17.1 Å². The van der Waals surface area contributed by atoms with Gasteiger partial charge < -0.3 is 0 Å². The van der Waals surface area contributed by atoms with E-state index in [2.05, 4.69) is 31.9 Å². The summed E-state index contributed by atoms with van der Waals surface area (Å²) in [6, 6.07) is 13.7. The summed E-state index contributed by atoms with van der Waals surface area (Å²) in [6.45, 7) is 0.669. The van der Waals surface area contributed by atoms with Crippen LogP contribution in [-0.2, 0) is 0 Å². The largest absolute Gasteiger partial charge is 0.283 e. The van der Waals surface area contributed by atoms with Gasteiger partial charge in [-0.25, -0.2) is 0 Å². The van der Waals surface area contributed by atoms with E-state index in [1.807, 2.05) is 42.5 Å². The number of hydrogen-bond donors (Lipinski definition) is 0. The van der Waals surface area contributed by atoms with Gasteiger partial charge in [0.25, 0.3) is 0 Å². The third-order valence-electron chi connectivity index (χ3n) is 3.44. The molecule has 2 atom stereocenters. The standard InChI is InChI=1S/C16H11Br2Cl2N/c17-13-8-21-16(11-3-1-2-4-14(11)20)12-7-9(19)5-6-10(12)15(13)18/h1-7,13,15H,8H2. The first-order valence-corrected chi connectivity index (χ1v) is 9.04. The Bertz CT molecular complexity index is 715. The van der Waals surface area contributed by atoms with Gasteiger partial charge in [0.2, 0.25) is 0 Å². The highest BCUT2D eigenvalue weighted by atomic mass is 79.9. The van der Waals surface area contributed by atoms with Crippen molar-refractivity contribution < 1.29 is 0 Å². The molecule has 2 aromatic carbocycles. The van der Waals surface area contributed by atoms with Gasteiger partial charge in [-0.3, -0.25) is 4.99 Å². The predicted octanol–water partition coefficient (Wildman–Crippen LogP) is 6.04. The van der Waals surface area contributed by atoms with Crippen molar-refractivity contribution in [2.24, 2.45) is 4.99 Å². The summed E-state index contributed by atoms with van der Waals surface area (Å²) >= 11 is 20.0. The number of nitrogens with zero attached hydrogens (tertiary/aromatic N) is 1. The van der Waals surface area contributed by atoms with Crippen LogP contribution < -0.4 is 0 Å². The summed E-state index contributed by atoms with van der Waals surface area (Å²) in [5.41, 5.74) is 4.02. The zero-order valence-corrected chi connectivity index (χ0v) is 15.5. The van der Waals surface area contributed by atoms with Crippen LogP contribution in [0.2, 0.25) is 10.0 Å². The second kappa shape index (κ2) is 6.41. The third kappa shape index (κ3) is 3.07. The maximum Gasteiger partial charge on any atom is 0.0738 e. The Morgan fingerprint density at radius 3 is 2.52 bits per heavy atom. The second-order valence-electron chi connectivity index (χ2n) is 4.82. The summed E-state index contributed by atoms with van der Waals surface area (Å²) in [6.07, 6.45) is 0. The smallest absolute Gasteiger partial charge is 0.0738 e. The number of benzene rings is 2. The van der Waals surface area contributed by atoms with Crippen molar-refractivity contribution in [3.05, 3.63) is 69.2 Å². The van der Waals surface area contributed by atoms with E-state index in [-0.39, 0.29) is 9.65 Å². The molecule has 1 aliphatic rings. The lowest BCUT2D eigenvalue weighted by Gasteiger charge is -2.16. The summed E-state index contributed by atoms with van der Waals surface area (Å²) < 4.78 is 0. The molecule has 2 aromatic rings. The first-order chi connectivity index (χ1) is 10.1. The molecule has 0 spiro atoms. The molecule has 21 heavy (non-hydrogen) atoms. The van der Waals surface area contributed by atoms with E-state index in [9.17, 15) is 0 Å². The SMILES string of the molecule is Clc1ccc2c(c1)C(c1ccccc1Cl)=NCC(Br)C2Br. The van der Waals surface area contributed by atoms with Crippen LogP contribution in [0.1, 0.15) is 21.5 Å². The van der Waals surface area contributed by atoms with Crippen molar-refractivity contribution in [1.82, 2.24) is 0 Å². The minimum Gasteiger partial charge on any atom is -0.283 e. The number of aliphatic imine (C=N–C) groups is 1. The van der Waals surface area contributed by atoms with Crippen molar-refractivity contribution in [1.29, 1.82) is 0 Å². The quantitative estimate of drug-likeness (QED) is 0.472. The first-order valence-electron chi connectivity index (χ1n) is 6.45. The normalized spacial score (nSPS) is 21.4. The van der Waals surface area contributed by atoms with E-state index in [0.717, 1.165) is 22.4 Å². The van der Waals surface area contributed by atoms with Crippen molar-refractivity contribution in [3.63, 3.8) is 0 Å². The fraction of sp³-hybridized carbons (Fsp3) is 0.188. The Hall–Kier alpha value is -0.350. The molecule has 1 nitrogen and oxygen atoms in total. The number of halogens is 4. The maximum atomic E-state index is 6.35. The van der Waals surface area contributed by atoms with Crippen LogP contribution in [0.25, 0.3) is 0 Å². The van der Waals surface area contributed by atoms with E-state index < -0.39 is 0 Å². The summed E-state index contributed by atoms with van der Waals surface area (Å²) in [5, 5.41) is 1.39. The Labute approximate surface area is 150 Å². The molecule has 108 valence electrons. The monoisotopic (exact) mass is 445 g/mol. The van der Waals surface area contributed by atoms with Crippen molar-refractivity contribution in [3.8, 4) is 0 Å². The third-order valence-corrected chi connectivity index (χ3v) is 6.66. The number of hydrogen-bond acceptors (Lipinski definition) is 1. The summed E-state index contributed by atoms with van der Waals surface area (Å²) in [4.78, 5) is 5.16. The van der Waals surface area contributed by atoms with E-state index in [0.29, 0.717) is 16.6 Å². The van der Waals surface area contributed by atoms with Gasteiger partial charge in [-0.1, -0.05) is 79.3 Å². The van der Waals surface area contributed by atoms with E-state index >= 15 is 0 Å². The van der Waals surface area contributed by atoms with Crippen molar-refractivity contribution in [2.45, 2.75) is 9.65 Å².